The molecule has 1 aliphatic rings. The van der Waals surface area contributed by atoms with Crippen molar-refractivity contribution in [3.63, 3.8) is 0 Å². The molecular weight excluding hydrogens is 222 g/mol. The Morgan fingerprint density at radius 2 is 2.00 bits per heavy atom. The monoisotopic (exact) mass is 243 g/mol. The number of oxime groups is 1. The molecule has 0 radical (unpaired) electrons. The highest BCUT2D eigenvalue weighted by Gasteiger charge is 2.21. The van der Waals surface area contributed by atoms with Crippen LogP contribution < -0.4 is 11.1 Å². The van der Waals surface area contributed by atoms with Crippen LogP contribution in [-0.2, 0) is 0 Å². The van der Waals surface area contributed by atoms with Gasteiger partial charge in [-0.3, -0.25) is 4.90 Å². The Kier molecular flexibility index (Phi) is 5.02. The smallest absolute Gasteiger partial charge is 0.317 e. The van der Waals surface area contributed by atoms with Crippen molar-refractivity contribution in [3.8, 4) is 0 Å². The predicted molar refractivity (Wildman–Crippen MR) is 65.1 cm³/mol. The Balaban J connectivity index is 2.33. The lowest BCUT2D eigenvalue weighted by Crippen LogP contribution is -2.54. The van der Waals surface area contributed by atoms with Crippen molar-refractivity contribution in [1.29, 1.82) is 0 Å². The summed E-state index contributed by atoms with van der Waals surface area (Å²) in [6, 6.07) is 0.126. The molecule has 1 rings (SSSR count). The second kappa shape index (κ2) is 6.29. The predicted octanol–water partition coefficient (Wildman–Crippen LogP) is -0.532. The first-order chi connectivity index (χ1) is 8.02. The molecule has 1 saturated heterocycles. The van der Waals surface area contributed by atoms with Crippen LogP contribution in [0, 0.1) is 0 Å². The molecule has 0 saturated carbocycles. The van der Waals surface area contributed by atoms with Crippen LogP contribution in [0.2, 0.25) is 0 Å². The van der Waals surface area contributed by atoms with E-state index in [0.29, 0.717) is 19.6 Å². The van der Waals surface area contributed by atoms with Crippen molar-refractivity contribution in [1.82, 2.24) is 15.1 Å². The van der Waals surface area contributed by atoms with Crippen LogP contribution in [0.1, 0.15) is 13.8 Å². The number of piperazine rings is 1. The van der Waals surface area contributed by atoms with Gasteiger partial charge < -0.3 is 21.2 Å². The van der Waals surface area contributed by atoms with Crippen molar-refractivity contribution in [2.24, 2.45) is 10.9 Å². The molecule has 0 spiro atoms. The van der Waals surface area contributed by atoms with Gasteiger partial charge in [-0.05, 0) is 13.8 Å². The third-order valence-corrected chi connectivity index (χ3v) is 2.59. The third kappa shape index (κ3) is 4.48. The molecular formula is C10H21N5O2. The largest absolute Gasteiger partial charge is 0.409 e. The fraction of sp³-hybridized carbons (Fsp3) is 0.800. The SMILES string of the molecule is CC(C)NC(=O)N1CCN(CC(N)=NO)CC1. The maximum Gasteiger partial charge on any atom is 0.317 e. The summed E-state index contributed by atoms with van der Waals surface area (Å²) in [6.45, 7) is 7.12. The number of amidine groups is 1. The molecule has 1 aliphatic heterocycles. The molecule has 0 aromatic rings. The average molecular weight is 243 g/mol. The number of hydrogen-bond acceptors (Lipinski definition) is 4. The van der Waals surface area contributed by atoms with Gasteiger partial charge in [-0.15, -0.1) is 0 Å². The average Bonchev–Trinajstić information content (AvgIpc) is 2.28. The zero-order valence-corrected chi connectivity index (χ0v) is 10.4. The van der Waals surface area contributed by atoms with Crippen LogP contribution in [0.4, 0.5) is 4.79 Å². The molecule has 0 aromatic carbocycles. The summed E-state index contributed by atoms with van der Waals surface area (Å²) >= 11 is 0. The van der Waals surface area contributed by atoms with E-state index in [0.717, 1.165) is 13.1 Å². The van der Waals surface area contributed by atoms with Crippen molar-refractivity contribution < 1.29 is 10.0 Å². The van der Waals surface area contributed by atoms with Crippen molar-refractivity contribution in [2.45, 2.75) is 19.9 Å². The fourth-order valence-corrected chi connectivity index (χ4v) is 1.71. The lowest BCUT2D eigenvalue weighted by molar-refractivity contribution is 0.146. The van der Waals surface area contributed by atoms with Crippen molar-refractivity contribution in [3.05, 3.63) is 0 Å². The van der Waals surface area contributed by atoms with Gasteiger partial charge in [-0.1, -0.05) is 5.16 Å². The summed E-state index contributed by atoms with van der Waals surface area (Å²) in [7, 11) is 0. The molecule has 98 valence electrons. The molecule has 0 unspecified atom stereocenters. The van der Waals surface area contributed by atoms with Gasteiger partial charge >= 0.3 is 6.03 Å². The van der Waals surface area contributed by atoms with E-state index in [-0.39, 0.29) is 17.9 Å². The van der Waals surface area contributed by atoms with Gasteiger partial charge in [0.05, 0.1) is 6.54 Å². The maximum absolute atomic E-state index is 11.7. The Hall–Kier alpha value is -1.50. The minimum Gasteiger partial charge on any atom is -0.409 e. The molecule has 17 heavy (non-hydrogen) atoms. The third-order valence-electron chi connectivity index (χ3n) is 2.59. The molecule has 7 nitrogen and oxygen atoms in total. The summed E-state index contributed by atoms with van der Waals surface area (Å²) in [4.78, 5) is 15.5. The van der Waals surface area contributed by atoms with Gasteiger partial charge in [0.1, 0.15) is 0 Å². The van der Waals surface area contributed by atoms with Gasteiger partial charge in [0, 0.05) is 32.2 Å². The van der Waals surface area contributed by atoms with Crippen molar-refractivity contribution >= 4 is 11.9 Å². The van der Waals surface area contributed by atoms with E-state index in [4.69, 9.17) is 10.9 Å². The summed E-state index contributed by atoms with van der Waals surface area (Å²) < 4.78 is 0. The summed E-state index contributed by atoms with van der Waals surface area (Å²) in [5, 5.41) is 14.3. The Labute approximate surface area is 101 Å². The highest BCUT2D eigenvalue weighted by molar-refractivity contribution is 5.81. The molecule has 0 aromatic heterocycles. The highest BCUT2D eigenvalue weighted by atomic mass is 16.4. The molecule has 7 heteroatoms. The van der Waals surface area contributed by atoms with Gasteiger partial charge in [0.25, 0.3) is 0 Å². The number of nitrogens with two attached hydrogens (primary N) is 1. The number of urea groups is 1. The van der Waals surface area contributed by atoms with Crippen molar-refractivity contribution in [2.75, 3.05) is 32.7 Å². The second-order valence-electron chi connectivity index (χ2n) is 4.46. The van der Waals surface area contributed by atoms with E-state index in [1.165, 1.54) is 0 Å². The van der Waals surface area contributed by atoms with Crippen LogP contribution in [0.15, 0.2) is 5.16 Å². The zero-order valence-electron chi connectivity index (χ0n) is 10.4. The van der Waals surface area contributed by atoms with Crippen LogP contribution in [0.5, 0.6) is 0 Å². The first-order valence-corrected chi connectivity index (χ1v) is 5.77. The molecule has 0 aliphatic carbocycles. The molecule has 1 fully saturated rings. The van der Waals surface area contributed by atoms with E-state index in [1.807, 2.05) is 18.7 Å². The molecule has 0 atom stereocenters. The number of amides is 2. The standard InChI is InChI=1S/C10H21N5O2/c1-8(2)12-10(16)15-5-3-14(4-6-15)7-9(11)13-17/h8,17H,3-7H2,1-2H3,(H2,11,13)(H,12,16). The number of nitrogens with one attached hydrogen (secondary N) is 1. The van der Waals surface area contributed by atoms with E-state index in [2.05, 4.69) is 10.5 Å². The number of nitrogens with zero attached hydrogens (tertiary/aromatic N) is 3. The first-order valence-electron chi connectivity index (χ1n) is 5.77. The molecule has 1 heterocycles. The molecule has 4 N–H and O–H groups in total. The van der Waals surface area contributed by atoms with Gasteiger partial charge in [-0.2, -0.15) is 0 Å². The summed E-state index contributed by atoms with van der Waals surface area (Å²) in [5.74, 6) is 0.199. The highest BCUT2D eigenvalue weighted by Crippen LogP contribution is 2.02. The van der Waals surface area contributed by atoms with Gasteiger partial charge in [0.15, 0.2) is 5.84 Å². The van der Waals surface area contributed by atoms with Crippen LogP contribution in [0.3, 0.4) is 0 Å². The minimum atomic E-state index is -0.0246. The van der Waals surface area contributed by atoms with E-state index in [9.17, 15) is 4.79 Å². The normalized spacial score (nSPS) is 18.5. The Morgan fingerprint density at radius 1 is 1.41 bits per heavy atom. The topological polar surface area (TPSA) is 94.2 Å². The summed E-state index contributed by atoms with van der Waals surface area (Å²) in [6.07, 6.45) is 0. The first kappa shape index (κ1) is 13.6. The Morgan fingerprint density at radius 3 is 2.47 bits per heavy atom. The fourth-order valence-electron chi connectivity index (χ4n) is 1.71. The lowest BCUT2D eigenvalue weighted by atomic mass is 10.3. The number of carbonyl (C=O) groups excluding carboxylic acids is 1. The van der Waals surface area contributed by atoms with Crippen LogP contribution in [-0.4, -0.2) is 65.6 Å². The number of carbonyl (C=O) groups is 1. The van der Waals surface area contributed by atoms with E-state index in [1.54, 1.807) is 4.90 Å². The summed E-state index contributed by atoms with van der Waals surface area (Å²) in [5.41, 5.74) is 5.43. The Bertz CT molecular complexity index is 284. The van der Waals surface area contributed by atoms with Gasteiger partial charge in [-0.25, -0.2) is 4.79 Å². The van der Waals surface area contributed by atoms with E-state index < -0.39 is 0 Å². The number of hydrogen-bond donors (Lipinski definition) is 3. The molecule has 0 bridgehead atoms. The van der Waals surface area contributed by atoms with E-state index >= 15 is 0 Å². The number of rotatable bonds is 3. The van der Waals surface area contributed by atoms with Crippen LogP contribution in [0.25, 0.3) is 0 Å². The maximum atomic E-state index is 11.7. The lowest BCUT2D eigenvalue weighted by Gasteiger charge is -2.34. The van der Waals surface area contributed by atoms with Crippen LogP contribution >= 0.6 is 0 Å². The molecule has 2 amide bonds. The van der Waals surface area contributed by atoms with Gasteiger partial charge in [0.2, 0.25) is 0 Å². The quantitative estimate of drug-likeness (QED) is 0.269. The minimum absolute atomic E-state index is 0.0246. The zero-order chi connectivity index (χ0) is 12.8. The second-order valence-corrected chi connectivity index (χ2v) is 4.46.